The number of hydrogen-bond donors (Lipinski definition) is 2. The van der Waals surface area contributed by atoms with Crippen LogP contribution in [0.4, 0.5) is 21.9 Å². The first-order chi connectivity index (χ1) is 13.8. The lowest BCUT2D eigenvalue weighted by molar-refractivity contribution is -0.121. The summed E-state index contributed by atoms with van der Waals surface area (Å²) < 4.78 is 0. The van der Waals surface area contributed by atoms with Crippen LogP contribution in [0.3, 0.4) is 0 Å². The second-order valence-electron chi connectivity index (χ2n) is 7.97. The Labute approximate surface area is 172 Å². The summed E-state index contributed by atoms with van der Waals surface area (Å²) >= 11 is 0. The third-order valence-corrected chi connectivity index (χ3v) is 5.33. The van der Waals surface area contributed by atoms with E-state index in [1.165, 1.54) is 0 Å². The van der Waals surface area contributed by atoms with Gasteiger partial charge in [0.05, 0.1) is 5.92 Å². The molecule has 2 N–H and O–H groups in total. The quantitative estimate of drug-likeness (QED) is 0.815. The van der Waals surface area contributed by atoms with E-state index >= 15 is 0 Å². The van der Waals surface area contributed by atoms with Crippen LogP contribution in [0.25, 0.3) is 0 Å². The van der Waals surface area contributed by atoms with Crippen molar-refractivity contribution in [3.05, 3.63) is 53.6 Å². The fourth-order valence-electron chi connectivity index (χ4n) is 3.60. The molecule has 0 bridgehead atoms. The number of aryl methyl sites for hydroxylation is 2. The number of carbonyl (C=O) groups excluding carboxylic acids is 2. The highest BCUT2D eigenvalue weighted by molar-refractivity contribution is 5.95. The van der Waals surface area contributed by atoms with E-state index in [0.29, 0.717) is 13.1 Å². The zero-order chi connectivity index (χ0) is 21.0. The molecule has 6 heteroatoms. The number of nitrogens with zero attached hydrogens (tertiary/aromatic N) is 2. The van der Waals surface area contributed by atoms with Crippen molar-refractivity contribution in [2.45, 2.75) is 26.7 Å². The molecule has 29 heavy (non-hydrogen) atoms. The van der Waals surface area contributed by atoms with E-state index in [4.69, 9.17) is 0 Å². The summed E-state index contributed by atoms with van der Waals surface area (Å²) in [7, 11) is 3.98. The van der Waals surface area contributed by atoms with Gasteiger partial charge in [-0.2, -0.15) is 0 Å². The minimum Gasteiger partial charge on any atom is -0.378 e. The van der Waals surface area contributed by atoms with E-state index < -0.39 is 0 Å². The van der Waals surface area contributed by atoms with Crippen LogP contribution in [0.15, 0.2) is 42.5 Å². The van der Waals surface area contributed by atoms with Gasteiger partial charge >= 0.3 is 6.03 Å². The maximum atomic E-state index is 12.8. The molecule has 1 unspecified atom stereocenters. The van der Waals surface area contributed by atoms with E-state index in [0.717, 1.165) is 41.0 Å². The molecule has 0 spiro atoms. The van der Waals surface area contributed by atoms with Crippen molar-refractivity contribution in [3.63, 3.8) is 0 Å². The van der Waals surface area contributed by atoms with Crippen LogP contribution in [0, 0.1) is 19.8 Å². The minimum absolute atomic E-state index is 0.0289. The topological polar surface area (TPSA) is 64.7 Å². The average molecular weight is 395 g/mol. The highest BCUT2D eigenvalue weighted by Gasteiger charge is 2.28. The molecular weight excluding hydrogens is 364 g/mol. The average Bonchev–Trinajstić information content (AvgIpc) is 2.69. The van der Waals surface area contributed by atoms with E-state index in [1.807, 2.05) is 69.2 Å². The smallest absolute Gasteiger partial charge is 0.321 e. The summed E-state index contributed by atoms with van der Waals surface area (Å²) in [5, 5.41) is 5.99. The molecule has 0 saturated carbocycles. The van der Waals surface area contributed by atoms with Gasteiger partial charge in [0.2, 0.25) is 5.91 Å². The Morgan fingerprint density at radius 1 is 1.07 bits per heavy atom. The normalized spacial score (nSPS) is 16.3. The number of piperidine rings is 1. The van der Waals surface area contributed by atoms with Crippen LogP contribution in [0.1, 0.15) is 24.0 Å². The second kappa shape index (κ2) is 8.99. The van der Waals surface area contributed by atoms with Crippen molar-refractivity contribution >= 4 is 29.0 Å². The van der Waals surface area contributed by atoms with Gasteiger partial charge in [0.1, 0.15) is 0 Å². The molecule has 0 aliphatic carbocycles. The highest BCUT2D eigenvalue weighted by atomic mass is 16.2. The monoisotopic (exact) mass is 394 g/mol. The molecule has 3 rings (SSSR count). The highest BCUT2D eigenvalue weighted by Crippen LogP contribution is 2.24. The molecule has 6 nitrogen and oxygen atoms in total. The molecular formula is C23H30N4O2. The summed E-state index contributed by atoms with van der Waals surface area (Å²) in [5.74, 6) is -0.237. The predicted molar refractivity (Wildman–Crippen MR) is 119 cm³/mol. The summed E-state index contributed by atoms with van der Waals surface area (Å²) in [6.45, 7) is 5.07. The Bertz CT molecular complexity index is 894. The van der Waals surface area contributed by atoms with Crippen LogP contribution in [0.5, 0.6) is 0 Å². The molecule has 1 heterocycles. The Kier molecular flexibility index (Phi) is 6.42. The number of urea groups is 1. The van der Waals surface area contributed by atoms with Crippen LogP contribution >= 0.6 is 0 Å². The number of benzene rings is 2. The lowest BCUT2D eigenvalue weighted by atomic mass is 9.97. The lowest BCUT2D eigenvalue weighted by Gasteiger charge is -2.32. The van der Waals surface area contributed by atoms with Crippen molar-refractivity contribution in [1.29, 1.82) is 0 Å². The van der Waals surface area contributed by atoms with Gasteiger partial charge in [0, 0.05) is 44.2 Å². The Hall–Kier alpha value is -3.02. The van der Waals surface area contributed by atoms with Gasteiger partial charge in [-0.25, -0.2) is 4.79 Å². The number of rotatable bonds is 4. The van der Waals surface area contributed by atoms with E-state index in [2.05, 4.69) is 16.7 Å². The second-order valence-corrected chi connectivity index (χ2v) is 7.97. The summed E-state index contributed by atoms with van der Waals surface area (Å²) in [4.78, 5) is 29.2. The van der Waals surface area contributed by atoms with E-state index in [9.17, 15) is 9.59 Å². The molecule has 1 saturated heterocycles. The molecule has 0 aromatic heterocycles. The molecule has 154 valence electrons. The van der Waals surface area contributed by atoms with E-state index in [1.54, 1.807) is 4.90 Å². The standard InChI is InChI=1S/C23H30N4O2/c1-16-7-5-9-19(13-16)24-23(29)27-12-6-8-18(15-27)22(28)25-21-11-10-20(26(3)4)14-17(21)2/h5,7,9-11,13-14,18H,6,8,12,15H2,1-4H3,(H,24,29)(H,25,28). The first-order valence-corrected chi connectivity index (χ1v) is 10.0. The zero-order valence-electron chi connectivity index (χ0n) is 17.7. The molecule has 2 aromatic rings. The molecule has 2 aromatic carbocycles. The van der Waals surface area contributed by atoms with Gasteiger partial charge in [0.15, 0.2) is 0 Å². The first-order valence-electron chi connectivity index (χ1n) is 10.0. The minimum atomic E-state index is -0.208. The summed E-state index contributed by atoms with van der Waals surface area (Å²) in [6, 6.07) is 13.5. The molecule has 3 amide bonds. The Balaban J connectivity index is 1.61. The number of anilines is 3. The third-order valence-electron chi connectivity index (χ3n) is 5.33. The van der Waals surface area contributed by atoms with Crippen LogP contribution in [0.2, 0.25) is 0 Å². The maximum absolute atomic E-state index is 12.8. The van der Waals surface area contributed by atoms with Crippen LogP contribution in [-0.4, -0.2) is 44.0 Å². The molecule has 1 aliphatic rings. The number of likely N-dealkylation sites (tertiary alicyclic amines) is 1. The zero-order valence-corrected chi connectivity index (χ0v) is 17.7. The van der Waals surface area contributed by atoms with Gasteiger partial charge in [-0.1, -0.05) is 12.1 Å². The molecule has 1 atom stereocenters. The van der Waals surface area contributed by atoms with Gasteiger partial charge in [-0.15, -0.1) is 0 Å². The summed E-state index contributed by atoms with van der Waals surface area (Å²) in [6.07, 6.45) is 1.60. The van der Waals surface area contributed by atoms with E-state index in [-0.39, 0.29) is 17.9 Å². The van der Waals surface area contributed by atoms with Crippen molar-refractivity contribution in [3.8, 4) is 0 Å². The van der Waals surface area contributed by atoms with Gasteiger partial charge < -0.3 is 20.4 Å². The summed E-state index contributed by atoms with van der Waals surface area (Å²) in [5.41, 5.74) is 4.81. The SMILES string of the molecule is Cc1cccc(NC(=O)N2CCCC(C(=O)Nc3ccc(N(C)C)cc3C)C2)c1. The molecule has 1 aliphatic heterocycles. The van der Waals surface area contributed by atoms with Crippen LogP contribution in [-0.2, 0) is 4.79 Å². The third kappa shape index (κ3) is 5.28. The fourth-order valence-corrected chi connectivity index (χ4v) is 3.60. The molecule has 1 fully saturated rings. The largest absolute Gasteiger partial charge is 0.378 e. The first kappa shape index (κ1) is 20.7. The van der Waals surface area contributed by atoms with Gasteiger partial charge in [0.25, 0.3) is 0 Å². The number of carbonyl (C=O) groups is 2. The number of amides is 3. The number of nitrogens with one attached hydrogen (secondary N) is 2. The number of hydrogen-bond acceptors (Lipinski definition) is 3. The van der Waals surface area contributed by atoms with Gasteiger partial charge in [-0.05, 0) is 68.1 Å². The van der Waals surface area contributed by atoms with Crippen molar-refractivity contribution < 1.29 is 9.59 Å². The molecule has 0 radical (unpaired) electrons. The van der Waals surface area contributed by atoms with Crippen molar-refractivity contribution in [2.24, 2.45) is 5.92 Å². The van der Waals surface area contributed by atoms with Gasteiger partial charge in [-0.3, -0.25) is 4.79 Å². The Morgan fingerprint density at radius 2 is 1.86 bits per heavy atom. The van der Waals surface area contributed by atoms with Crippen molar-refractivity contribution in [1.82, 2.24) is 4.90 Å². The maximum Gasteiger partial charge on any atom is 0.321 e. The Morgan fingerprint density at radius 3 is 2.55 bits per heavy atom. The predicted octanol–water partition coefficient (Wildman–Crippen LogP) is 4.25. The fraction of sp³-hybridized carbons (Fsp3) is 0.391. The van der Waals surface area contributed by atoms with Crippen LogP contribution < -0.4 is 15.5 Å². The van der Waals surface area contributed by atoms with Crippen molar-refractivity contribution in [2.75, 3.05) is 42.7 Å². The lowest BCUT2D eigenvalue weighted by Crippen LogP contribution is -2.45.